The summed E-state index contributed by atoms with van der Waals surface area (Å²) in [5, 5.41) is 7.91. The number of amides is 5. The van der Waals surface area contributed by atoms with Gasteiger partial charge in [-0.3, -0.25) is 19.8 Å². The van der Waals surface area contributed by atoms with E-state index in [9.17, 15) is 24.0 Å². The normalized spacial score (nSPS) is 17.6. The Kier molecular flexibility index (Phi) is 15.7. The van der Waals surface area contributed by atoms with Crippen molar-refractivity contribution < 1.29 is 33.4 Å². The summed E-state index contributed by atoms with van der Waals surface area (Å²) in [7, 11) is 0. The molecule has 5 amide bonds. The summed E-state index contributed by atoms with van der Waals surface area (Å²) in [6, 6.07) is -0.511. The number of carbonyl (C=O) groups is 5. The first-order valence-corrected chi connectivity index (χ1v) is 13.3. The van der Waals surface area contributed by atoms with Gasteiger partial charge in [0.15, 0.2) is 0 Å². The van der Waals surface area contributed by atoms with Crippen molar-refractivity contribution >= 4 is 30.2 Å². The third-order valence-corrected chi connectivity index (χ3v) is 6.04. The highest BCUT2D eigenvalue weighted by atomic mass is 16.6. The van der Waals surface area contributed by atoms with Gasteiger partial charge in [0, 0.05) is 58.3 Å². The molecule has 2 heterocycles. The van der Waals surface area contributed by atoms with Crippen LogP contribution in [0.3, 0.4) is 0 Å². The first kappa shape index (κ1) is 31.6. The lowest BCUT2D eigenvalue weighted by atomic mass is 10.2. The number of hydrazine groups is 1. The predicted octanol–water partition coefficient (Wildman–Crippen LogP) is -0.605. The van der Waals surface area contributed by atoms with Crippen LogP contribution in [0.1, 0.15) is 32.1 Å². The molecular weight excluding hydrogens is 510 g/mol. The fourth-order valence-electron chi connectivity index (χ4n) is 3.88. The summed E-state index contributed by atoms with van der Waals surface area (Å²) in [5.41, 5.74) is 4.53. The van der Waals surface area contributed by atoms with Gasteiger partial charge in [-0.05, 0) is 50.9 Å². The molecule has 0 aliphatic carbocycles. The van der Waals surface area contributed by atoms with Crippen molar-refractivity contribution in [2.75, 3.05) is 65.5 Å². The van der Waals surface area contributed by atoms with Crippen molar-refractivity contribution in [1.29, 1.82) is 0 Å². The number of piperazine rings is 1. The molecule has 0 aromatic heterocycles. The molecule has 0 radical (unpaired) electrons. The Morgan fingerprint density at radius 1 is 0.923 bits per heavy atom. The average Bonchev–Trinajstić information content (AvgIpc) is 2.95. The average molecular weight is 552 g/mol. The van der Waals surface area contributed by atoms with Crippen LogP contribution in [0.25, 0.3) is 0 Å². The molecule has 1 atom stereocenters. The summed E-state index contributed by atoms with van der Waals surface area (Å²) < 4.78 is 10.6. The second kappa shape index (κ2) is 19.4. The van der Waals surface area contributed by atoms with E-state index in [2.05, 4.69) is 36.6 Å². The van der Waals surface area contributed by atoms with E-state index in [1.807, 2.05) is 6.08 Å². The smallest absolute Gasteiger partial charge is 0.407 e. The summed E-state index contributed by atoms with van der Waals surface area (Å²) in [4.78, 5) is 61.4. The Labute approximate surface area is 228 Å². The number of alkyl carbamates (subject to hydrolysis) is 1. The van der Waals surface area contributed by atoms with Crippen LogP contribution in [0.4, 0.5) is 9.59 Å². The van der Waals surface area contributed by atoms with Crippen LogP contribution in [-0.4, -0.2) is 112 Å². The number of hydrogen-bond acceptors (Lipinski definition) is 9. The molecular formula is C25H41N7O7. The maximum absolute atomic E-state index is 11.8. The number of hydrogen-bond donors (Lipinski definition) is 5. The van der Waals surface area contributed by atoms with E-state index in [4.69, 9.17) is 9.47 Å². The molecule has 0 saturated carbocycles. The summed E-state index contributed by atoms with van der Waals surface area (Å²) in [6.07, 6.45) is 9.13. The Morgan fingerprint density at radius 2 is 1.62 bits per heavy atom. The number of rotatable bonds is 15. The number of nitrogens with zero attached hydrogens (tertiary/aromatic N) is 2. The number of allylic oxidation sites excluding steroid dienone is 2. The van der Waals surface area contributed by atoms with Crippen LogP contribution in [0.2, 0.25) is 0 Å². The molecule has 14 nitrogen and oxygen atoms in total. The van der Waals surface area contributed by atoms with E-state index in [0.29, 0.717) is 19.4 Å². The maximum Gasteiger partial charge on any atom is 0.407 e. The minimum absolute atomic E-state index is 0.0234. The molecule has 1 saturated heterocycles. The molecule has 1 fully saturated rings. The van der Waals surface area contributed by atoms with E-state index in [1.54, 1.807) is 6.26 Å². The van der Waals surface area contributed by atoms with Crippen molar-refractivity contribution in [3.63, 3.8) is 0 Å². The van der Waals surface area contributed by atoms with Gasteiger partial charge in [0.05, 0.1) is 6.26 Å². The molecule has 2 aliphatic heterocycles. The zero-order chi connectivity index (χ0) is 28.1. The lowest BCUT2D eigenvalue weighted by molar-refractivity contribution is -0.122. The van der Waals surface area contributed by atoms with Gasteiger partial charge in [-0.25, -0.2) is 15.0 Å². The Bertz CT molecular complexity index is 845. The van der Waals surface area contributed by atoms with Gasteiger partial charge in [-0.15, -0.1) is 0 Å². The number of aldehydes is 1. The minimum Gasteiger partial charge on any atom is -0.495 e. The van der Waals surface area contributed by atoms with Crippen LogP contribution >= 0.6 is 0 Å². The van der Waals surface area contributed by atoms with Gasteiger partial charge < -0.3 is 35.2 Å². The fraction of sp³-hybridized carbons (Fsp3) is 0.640. The Balaban J connectivity index is 1.40. The molecule has 218 valence electrons. The van der Waals surface area contributed by atoms with Crippen LogP contribution < -0.4 is 26.8 Å². The Hall–Kier alpha value is -3.65. The summed E-state index contributed by atoms with van der Waals surface area (Å²) >= 11 is 0. The predicted molar refractivity (Wildman–Crippen MR) is 142 cm³/mol. The van der Waals surface area contributed by atoms with Gasteiger partial charge in [-0.1, -0.05) is 0 Å². The standard InChI is InChI=1S/C25H41N7O7/c33-18-3-7-22(34)26-11-8-23(35)29-30-24(36)27-9-4-12-31-14-16-32(17-15-31)13-5-10-28-25(37)39-20-21-6-1-2-19-38-21/h2-3,7,18-19,21H,1,4-6,8-17,20H2,(H,26,34)(H,28,37)(H,29,35)(H2,27,30,36)/b7-3-. The highest BCUT2D eigenvalue weighted by molar-refractivity contribution is 5.91. The zero-order valence-electron chi connectivity index (χ0n) is 22.3. The van der Waals surface area contributed by atoms with E-state index < -0.39 is 23.9 Å². The molecule has 0 spiro atoms. The van der Waals surface area contributed by atoms with Crippen molar-refractivity contribution in [2.24, 2.45) is 0 Å². The first-order chi connectivity index (χ1) is 19.0. The van der Waals surface area contributed by atoms with E-state index >= 15 is 0 Å². The molecule has 39 heavy (non-hydrogen) atoms. The lowest BCUT2D eigenvalue weighted by Crippen LogP contribution is -2.49. The second-order valence-corrected chi connectivity index (χ2v) is 9.09. The lowest BCUT2D eigenvalue weighted by Gasteiger charge is -2.34. The minimum atomic E-state index is -0.511. The van der Waals surface area contributed by atoms with E-state index in [-0.39, 0.29) is 25.7 Å². The summed E-state index contributed by atoms with van der Waals surface area (Å²) in [6.45, 7) is 6.90. The topological polar surface area (TPSA) is 170 Å². The maximum atomic E-state index is 11.8. The second-order valence-electron chi connectivity index (χ2n) is 9.09. The molecule has 14 heteroatoms. The van der Waals surface area contributed by atoms with Crippen molar-refractivity contribution in [1.82, 2.24) is 36.6 Å². The third kappa shape index (κ3) is 15.4. The van der Waals surface area contributed by atoms with Crippen LogP contribution in [0.5, 0.6) is 0 Å². The van der Waals surface area contributed by atoms with E-state index in [1.165, 1.54) is 0 Å². The van der Waals surface area contributed by atoms with Crippen molar-refractivity contribution in [3.8, 4) is 0 Å². The van der Waals surface area contributed by atoms with Gasteiger partial charge in [0.25, 0.3) is 0 Å². The van der Waals surface area contributed by atoms with Crippen LogP contribution in [0, 0.1) is 0 Å². The monoisotopic (exact) mass is 551 g/mol. The molecule has 1 unspecified atom stereocenters. The van der Waals surface area contributed by atoms with Crippen LogP contribution in [-0.2, 0) is 23.9 Å². The highest BCUT2D eigenvalue weighted by Gasteiger charge is 2.17. The SMILES string of the molecule is O=C/C=C\C(=O)NCCC(=O)NNC(=O)NCCCN1CCN(CCCNC(=O)OCC2CCC=CO2)CC1. The molecule has 0 aromatic rings. The molecule has 0 bridgehead atoms. The third-order valence-electron chi connectivity index (χ3n) is 6.04. The molecule has 2 rings (SSSR count). The van der Waals surface area contributed by atoms with Gasteiger partial charge in [0.1, 0.15) is 19.0 Å². The largest absolute Gasteiger partial charge is 0.495 e. The molecule has 5 N–H and O–H groups in total. The van der Waals surface area contributed by atoms with Crippen LogP contribution in [0.15, 0.2) is 24.5 Å². The highest BCUT2D eigenvalue weighted by Crippen LogP contribution is 2.10. The van der Waals surface area contributed by atoms with Crippen molar-refractivity contribution in [2.45, 2.75) is 38.2 Å². The Morgan fingerprint density at radius 3 is 2.26 bits per heavy atom. The van der Waals surface area contributed by atoms with Gasteiger partial charge in [0.2, 0.25) is 11.8 Å². The quantitative estimate of drug-likeness (QED) is 0.0771. The first-order valence-electron chi connectivity index (χ1n) is 13.3. The van der Waals surface area contributed by atoms with E-state index in [0.717, 1.165) is 77.1 Å². The molecule has 2 aliphatic rings. The van der Waals surface area contributed by atoms with Crippen molar-refractivity contribution in [3.05, 3.63) is 24.5 Å². The fourth-order valence-corrected chi connectivity index (χ4v) is 3.88. The number of carbonyl (C=O) groups excluding carboxylic acids is 5. The number of ether oxygens (including phenoxy) is 2. The zero-order valence-corrected chi connectivity index (χ0v) is 22.3. The number of urea groups is 1. The number of nitrogens with one attached hydrogen (secondary N) is 5. The molecule has 0 aromatic carbocycles. The van der Waals surface area contributed by atoms with Gasteiger partial charge in [-0.2, -0.15) is 0 Å². The summed E-state index contributed by atoms with van der Waals surface area (Å²) in [5.74, 6) is -0.936. The van der Waals surface area contributed by atoms with Gasteiger partial charge >= 0.3 is 12.1 Å².